The van der Waals surface area contributed by atoms with Gasteiger partial charge in [-0.3, -0.25) is 4.68 Å². The molecular weight excluding hydrogens is 268 g/mol. The highest BCUT2D eigenvalue weighted by atomic mass is 16.6. The van der Waals surface area contributed by atoms with Crippen molar-refractivity contribution < 1.29 is 9.53 Å². The second kappa shape index (κ2) is 6.05. The van der Waals surface area contributed by atoms with Crippen molar-refractivity contribution in [3.8, 4) is 0 Å². The van der Waals surface area contributed by atoms with Crippen molar-refractivity contribution in [1.82, 2.24) is 20.0 Å². The lowest BCUT2D eigenvalue weighted by Gasteiger charge is -2.25. The molecule has 1 aliphatic rings. The summed E-state index contributed by atoms with van der Waals surface area (Å²) in [6.45, 7) is 9.22. The third-order valence-electron chi connectivity index (χ3n) is 3.55. The Balaban J connectivity index is 1.84. The Bertz CT molecular complexity index is 492. The fourth-order valence-corrected chi connectivity index (χ4v) is 2.50. The van der Waals surface area contributed by atoms with Gasteiger partial charge in [0.15, 0.2) is 0 Å². The molecule has 2 heterocycles. The van der Waals surface area contributed by atoms with Crippen LogP contribution in [0.2, 0.25) is 0 Å². The number of carbonyl (C=O) groups excluding carboxylic acids is 1. The molecule has 6 nitrogen and oxygen atoms in total. The predicted molar refractivity (Wildman–Crippen MR) is 81.0 cm³/mol. The number of amides is 1. The van der Waals surface area contributed by atoms with Gasteiger partial charge in [-0.1, -0.05) is 0 Å². The van der Waals surface area contributed by atoms with Gasteiger partial charge in [0.1, 0.15) is 5.60 Å². The molecule has 1 amide bonds. The maximum atomic E-state index is 12.0. The molecule has 0 saturated carbocycles. The van der Waals surface area contributed by atoms with E-state index in [0.29, 0.717) is 12.6 Å². The highest BCUT2D eigenvalue weighted by Gasteiger charge is 2.30. The summed E-state index contributed by atoms with van der Waals surface area (Å²) in [5.74, 6) is 0. The third-order valence-corrected chi connectivity index (χ3v) is 3.55. The van der Waals surface area contributed by atoms with Crippen LogP contribution in [-0.2, 0) is 11.8 Å². The van der Waals surface area contributed by atoms with Gasteiger partial charge in [0.2, 0.25) is 0 Å². The van der Waals surface area contributed by atoms with Crippen LogP contribution in [0.25, 0.3) is 0 Å². The smallest absolute Gasteiger partial charge is 0.410 e. The van der Waals surface area contributed by atoms with Crippen LogP contribution in [0, 0.1) is 0 Å². The number of carbonyl (C=O) groups is 1. The van der Waals surface area contributed by atoms with Crippen molar-refractivity contribution >= 4 is 6.09 Å². The summed E-state index contributed by atoms with van der Waals surface area (Å²) < 4.78 is 7.21. The van der Waals surface area contributed by atoms with Crippen LogP contribution in [0.1, 0.15) is 45.7 Å². The van der Waals surface area contributed by atoms with E-state index in [2.05, 4.69) is 17.3 Å². The summed E-state index contributed by atoms with van der Waals surface area (Å²) in [5, 5.41) is 7.74. The van der Waals surface area contributed by atoms with Gasteiger partial charge in [-0.15, -0.1) is 0 Å². The monoisotopic (exact) mass is 294 g/mol. The molecule has 1 fully saturated rings. The van der Waals surface area contributed by atoms with Gasteiger partial charge >= 0.3 is 6.09 Å². The quantitative estimate of drug-likeness (QED) is 0.927. The van der Waals surface area contributed by atoms with Crippen molar-refractivity contribution in [1.29, 1.82) is 0 Å². The number of nitrogens with one attached hydrogen (secondary N) is 1. The second-order valence-corrected chi connectivity index (χ2v) is 6.75. The molecule has 0 aliphatic carbocycles. The number of hydrogen-bond donors (Lipinski definition) is 1. The minimum Gasteiger partial charge on any atom is -0.444 e. The lowest BCUT2D eigenvalue weighted by molar-refractivity contribution is 0.0290. The molecule has 0 spiro atoms. The Hall–Kier alpha value is -1.56. The summed E-state index contributed by atoms with van der Waals surface area (Å²) >= 11 is 0. The second-order valence-electron chi connectivity index (χ2n) is 6.75. The largest absolute Gasteiger partial charge is 0.444 e. The zero-order chi connectivity index (χ0) is 15.6. The molecule has 1 aromatic heterocycles. The topological polar surface area (TPSA) is 59.4 Å². The van der Waals surface area contributed by atoms with Gasteiger partial charge in [0.05, 0.1) is 6.20 Å². The number of hydrogen-bond acceptors (Lipinski definition) is 4. The minimum atomic E-state index is -0.439. The number of rotatable bonds is 3. The molecule has 0 radical (unpaired) electrons. The highest BCUT2D eigenvalue weighted by Crippen LogP contribution is 2.18. The van der Waals surface area contributed by atoms with Crippen LogP contribution in [0.4, 0.5) is 4.79 Å². The van der Waals surface area contributed by atoms with E-state index in [1.54, 1.807) is 9.58 Å². The van der Waals surface area contributed by atoms with Crippen molar-refractivity contribution in [3.05, 3.63) is 18.0 Å². The number of aromatic nitrogens is 2. The van der Waals surface area contributed by atoms with Crippen LogP contribution >= 0.6 is 0 Å². The maximum absolute atomic E-state index is 12.0. The molecule has 0 bridgehead atoms. The van der Waals surface area contributed by atoms with Crippen LogP contribution in [0.3, 0.4) is 0 Å². The highest BCUT2D eigenvalue weighted by molar-refractivity contribution is 5.68. The van der Waals surface area contributed by atoms with E-state index in [1.807, 2.05) is 40.2 Å². The van der Waals surface area contributed by atoms with Gasteiger partial charge < -0.3 is 15.0 Å². The van der Waals surface area contributed by atoms with E-state index < -0.39 is 5.60 Å². The fraction of sp³-hybridized carbons (Fsp3) is 0.733. The molecule has 2 unspecified atom stereocenters. The standard InChI is InChI=1S/C15H26N4O2/c1-11(12-8-16-18(5)9-12)17-13-6-7-19(10-13)14(20)21-15(2,3)4/h8-9,11,13,17H,6-7,10H2,1-5H3. The van der Waals surface area contributed by atoms with Crippen molar-refractivity contribution in [2.75, 3.05) is 13.1 Å². The van der Waals surface area contributed by atoms with Gasteiger partial charge in [-0.25, -0.2) is 4.79 Å². The van der Waals surface area contributed by atoms with Crippen molar-refractivity contribution in [3.63, 3.8) is 0 Å². The van der Waals surface area contributed by atoms with E-state index in [4.69, 9.17) is 4.74 Å². The Morgan fingerprint density at radius 2 is 2.24 bits per heavy atom. The van der Waals surface area contributed by atoms with E-state index in [-0.39, 0.29) is 12.1 Å². The first-order valence-electron chi connectivity index (χ1n) is 7.47. The number of ether oxygens (including phenoxy) is 1. The Morgan fingerprint density at radius 3 is 2.81 bits per heavy atom. The molecule has 21 heavy (non-hydrogen) atoms. The Morgan fingerprint density at radius 1 is 1.52 bits per heavy atom. The summed E-state index contributed by atoms with van der Waals surface area (Å²) in [6.07, 6.45) is 4.61. The van der Waals surface area contributed by atoms with E-state index in [0.717, 1.165) is 18.5 Å². The molecular formula is C15H26N4O2. The first-order valence-corrected chi connectivity index (χ1v) is 7.47. The molecule has 0 aromatic carbocycles. The van der Waals surface area contributed by atoms with Crippen LogP contribution in [0.15, 0.2) is 12.4 Å². The average Bonchev–Trinajstić information content (AvgIpc) is 2.96. The van der Waals surface area contributed by atoms with Crippen LogP contribution < -0.4 is 5.32 Å². The molecule has 2 atom stereocenters. The fourth-order valence-electron chi connectivity index (χ4n) is 2.50. The maximum Gasteiger partial charge on any atom is 0.410 e. The van der Waals surface area contributed by atoms with E-state index in [9.17, 15) is 4.79 Å². The minimum absolute atomic E-state index is 0.221. The van der Waals surface area contributed by atoms with Gasteiger partial charge in [0.25, 0.3) is 0 Å². The third kappa shape index (κ3) is 4.46. The number of aryl methyl sites for hydroxylation is 1. The average molecular weight is 294 g/mol. The SMILES string of the molecule is CC(NC1CCN(C(=O)OC(C)(C)C)C1)c1cnn(C)c1. The first kappa shape index (κ1) is 15.8. The predicted octanol–water partition coefficient (Wildman–Crippen LogP) is 2.08. The molecule has 1 N–H and O–H groups in total. The summed E-state index contributed by atoms with van der Waals surface area (Å²) in [4.78, 5) is 13.8. The molecule has 1 aliphatic heterocycles. The van der Waals surface area contributed by atoms with Crippen LogP contribution in [-0.4, -0.2) is 45.5 Å². The normalized spacial score (nSPS) is 20.6. The zero-order valence-electron chi connectivity index (χ0n) is 13.6. The summed E-state index contributed by atoms with van der Waals surface area (Å²) in [5.41, 5.74) is 0.721. The van der Waals surface area contributed by atoms with Gasteiger partial charge in [-0.2, -0.15) is 5.10 Å². The van der Waals surface area contributed by atoms with E-state index >= 15 is 0 Å². The first-order chi connectivity index (χ1) is 9.74. The molecule has 2 rings (SSSR count). The van der Waals surface area contributed by atoms with Gasteiger partial charge in [0, 0.05) is 44.0 Å². The Kier molecular flexibility index (Phi) is 4.56. The van der Waals surface area contributed by atoms with Crippen molar-refractivity contribution in [2.24, 2.45) is 7.05 Å². The van der Waals surface area contributed by atoms with Crippen LogP contribution in [0.5, 0.6) is 0 Å². The summed E-state index contributed by atoms with van der Waals surface area (Å²) in [6, 6.07) is 0.523. The van der Waals surface area contributed by atoms with Gasteiger partial charge in [-0.05, 0) is 34.1 Å². The molecule has 6 heteroatoms. The zero-order valence-corrected chi connectivity index (χ0v) is 13.6. The molecule has 1 saturated heterocycles. The Labute approximate surface area is 126 Å². The van der Waals surface area contributed by atoms with E-state index in [1.165, 1.54) is 0 Å². The molecule has 1 aromatic rings. The lowest BCUT2D eigenvalue weighted by Crippen LogP contribution is -2.38. The number of likely N-dealkylation sites (tertiary alicyclic amines) is 1. The lowest BCUT2D eigenvalue weighted by atomic mass is 10.1. The number of nitrogens with zero attached hydrogens (tertiary/aromatic N) is 3. The molecule has 118 valence electrons. The van der Waals surface area contributed by atoms with Crippen molar-refractivity contribution in [2.45, 2.75) is 51.8 Å². The summed E-state index contributed by atoms with van der Waals surface area (Å²) in [7, 11) is 1.91.